The quantitative estimate of drug-likeness (QED) is 0.833. The van der Waals surface area contributed by atoms with Gasteiger partial charge in [-0.15, -0.1) is 0 Å². The molecule has 1 aliphatic rings. The summed E-state index contributed by atoms with van der Waals surface area (Å²) < 4.78 is 11.1. The second-order valence-electron chi connectivity index (χ2n) is 5.90. The molecule has 0 saturated carbocycles. The van der Waals surface area contributed by atoms with Crippen LogP contribution in [0.25, 0.3) is 0 Å². The molecule has 2 atom stereocenters. The molecule has 1 saturated heterocycles. The summed E-state index contributed by atoms with van der Waals surface area (Å²) in [5, 5.41) is 4.07. The lowest BCUT2D eigenvalue weighted by atomic mass is 10.1. The summed E-state index contributed by atoms with van der Waals surface area (Å²) in [4.78, 5) is 0. The van der Waals surface area contributed by atoms with Crippen LogP contribution in [0.2, 0.25) is 0 Å². The van der Waals surface area contributed by atoms with E-state index in [0.29, 0.717) is 17.4 Å². The molecule has 2 rings (SSSR count). The van der Waals surface area contributed by atoms with Crippen molar-refractivity contribution in [3.8, 4) is 5.75 Å². The maximum atomic E-state index is 5.64. The molecule has 118 valence electrons. The molecule has 0 amide bonds. The maximum Gasteiger partial charge on any atom is 0.122 e. The molecule has 1 aromatic carbocycles. The number of rotatable bonds is 7. The summed E-state index contributed by atoms with van der Waals surface area (Å²) in [7, 11) is 1.75. The highest BCUT2D eigenvalue weighted by Crippen LogP contribution is 2.32. The first kappa shape index (κ1) is 16.7. The van der Waals surface area contributed by atoms with Crippen LogP contribution in [0, 0.1) is 0 Å². The zero-order chi connectivity index (χ0) is 15.2. The lowest BCUT2D eigenvalue weighted by Gasteiger charge is -2.16. The van der Waals surface area contributed by atoms with Crippen molar-refractivity contribution in [2.75, 3.05) is 13.7 Å². The van der Waals surface area contributed by atoms with Gasteiger partial charge in [0.05, 0.1) is 13.2 Å². The normalized spacial score (nSPS) is 22.0. The van der Waals surface area contributed by atoms with Crippen LogP contribution in [0.4, 0.5) is 0 Å². The molecule has 1 heterocycles. The Bertz CT molecular complexity index is 450. The first-order chi connectivity index (χ1) is 10.1. The lowest BCUT2D eigenvalue weighted by Crippen LogP contribution is -2.21. The number of hydrogen-bond acceptors (Lipinski definition) is 4. The zero-order valence-corrected chi connectivity index (χ0v) is 14.3. The van der Waals surface area contributed by atoms with Gasteiger partial charge in [-0.25, -0.2) is 0 Å². The Morgan fingerprint density at radius 1 is 1.43 bits per heavy atom. The van der Waals surface area contributed by atoms with Crippen molar-refractivity contribution in [3.63, 3.8) is 0 Å². The van der Waals surface area contributed by atoms with Gasteiger partial charge in [-0.2, -0.15) is 11.8 Å². The van der Waals surface area contributed by atoms with Gasteiger partial charge in [0.1, 0.15) is 5.75 Å². The fourth-order valence-corrected chi connectivity index (χ4v) is 3.74. The van der Waals surface area contributed by atoms with Gasteiger partial charge in [-0.1, -0.05) is 19.9 Å². The molecule has 1 fully saturated rings. The standard InChI is InChI=1S/C17H27NO2S/c1-12(2)18-10-14-5-6-16(19-4)15(9-14)11-21-17-7-8-20-13(17)3/h5-6,9,12-13,17-18H,7-8,10-11H2,1-4H3. The summed E-state index contributed by atoms with van der Waals surface area (Å²) in [6, 6.07) is 6.99. The van der Waals surface area contributed by atoms with Crippen LogP contribution in [0.1, 0.15) is 38.3 Å². The van der Waals surface area contributed by atoms with E-state index in [-0.39, 0.29) is 0 Å². The minimum atomic E-state index is 0.367. The van der Waals surface area contributed by atoms with E-state index in [2.05, 4.69) is 44.3 Å². The van der Waals surface area contributed by atoms with Crippen molar-refractivity contribution in [2.45, 2.75) is 56.9 Å². The van der Waals surface area contributed by atoms with E-state index in [4.69, 9.17) is 9.47 Å². The van der Waals surface area contributed by atoms with E-state index in [1.54, 1.807) is 7.11 Å². The SMILES string of the molecule is COc1ccc(CNC(C)C)cc1CSC1CCOC1C. The highest BCUT2D eigenvalue weighted by atomic mass is 32.2. The largest absolute Gasteiger partial charge is 0.496 e. The van der Waals surface area contributed by atoms with Crippen LogP contribution >= 0.6 is 11.8 Å². The molecular formula is C17H27NO2S. The van der Waals surface area contributed by atoms with Gasteiger partial charge in [0.2, 0.25) is 0 Å². The number of benzene rings is 1. The second-order valence-corrected chi connectivity index (χ2v) is 7.12. The number of nitrogens with one attached hydrogen (secondary N) is 1. The molecule has 0 aliphatic carbocycles. The number of methoxy groups -OCH3 is 1. The van der Waals surface area contributed by atoms with E-state index in [1.165, 1.54) is 11.1 Å². The molecule has 4 heteroatoms. The number of hydrogen-bond donors (Lipinski definition) is 1. The van der Waals surface area contributed by atoms with E-state index < -0.39 is 0 Å². The fraction of sp³-hybridized carbons (Fsp3) is 0.647. The van der Waals surface area contributed by atoms with Crippen LogP contribution in [0.15, 0.2) is 18.2 Å². The van der Waals surface area contributed by atoms with Gasteiger partial charge in [-0.05, 0) is 31.0 Å². The fourth-order valence-electron chi connectivity index (χ4n) is 2.50. The van der Waals surface area contributed by atoms with E-state index >= 15 is 0 Å². The van der Waals surface area contributed by atoms with E-state index in [9.17, 15) is 0 Å². The lowest BCUT2D eigenvalue weighted by molar-refractivity contribution is 0.127. The molecule has 0 spiro atoms. The van der Waals surface area contributed by atoms with Gasteiger partial charge in [0.15, 0.2) is 0 Å². The summed E-state index contributed by atoms with van der Waals surface area (Å²) in [6.07, 6.45) is 1.52. The number of thioether (sulfide) groups is 1. The van der Waals surface area contributed by atoms with E-state index in [1.807, 2.05) is 11.8 Å². The Hall–Kier alpha value is -0.710. The highest BCUT2D eigenvalue weighted by Gasteiger charge is 2.24. The van der Waals surface area contributed by atoms with Gasteiger partial charge >= 0.3 is 0 Å². The Morgan fingerprint density at radius 3 is 2.86 bits per heavy atom. The van der Waals surface area contributed by atoms with Crippen molar-refractivity contribution in [3.05, 3.63) is 29.3 Å². The molecule has 1 aliphatic heterocycles. The molecular weight excluding hydrogens is 282 g/mol. The van der Waals surface area contributed by atoms with Crippen LogP contribution in [0.3, 0.4) is 0 Å². The second kappa shape index (κ2) is 8.06. The van der Waals surface area contributed by atoms with Gasteiger partial charge in [0.25, 0.3) is 0 Å². The zero-order valence-electron chi connectivity index (χ0n) is 13.5. The van der Waals surface area contributed by atoms with Crippen molar-refractivity contribution >= 4 is 11.8 Å². The third-order valence-corrected chi connectivity index (χ3v) is 5.34. The first-order valence-electron chi connectivity index (χ1n) is 7.72. The molecule has 1 N–H and O–H groups in total. The summed E-state index contributed by atoms with van der Waals surface area (Å²) in [6.45, 7) is 8.31. The minimum Gasteiger partial charge on any atom is -0.496 e. The maximum absolute atomic E-state index is 5.64. The molecule has 0 aromatic heterocycles. The first-order valence-corrected chi connectivity index (χ1v) is 8.77. The van der Waals surface area contributed by atoms with Crippen molar-refractivity contribution in [1.82, 2.24) is 5.32 Å². The molecule has 0 bridgehead atoms. The Kier molecular flexibility index (Phi) is 6.40. The molecule has 2 unspecified atom stereocenters. The van der Waals surface area contributed by atoms with E-state index in [0.717, 1.165) is 31.1 Å². The average Bonchev–Trinajstić information content (AvgIpc) is 2.88. The third-order valence-electron chi connectivity index (χ3n) is 3.82. The molecule has 0 radical (unpaired) electrons. The average molecular weight is 309 g/mol. The highest BCUT2D eigenvalue weighted by molar-refractivity contribution is 7.99. The van der Waals surface area contributed by atoms with Crippen molar-refractivity contribution in [1.29, 1.82) is 0 Å². The van der Waals surface area contributed by atoms with Crippen LogP contribution in [-0.2, 0) is 17.0 Å². The van der Waals surface area contributed by atoms with Crippen LogP contribution in [0.5, 0.6) is 5.75 Å². The minimum absolute atomic E-state index is 0.367. The van der Waals surface area contributed by atoms with Gasteiger partial charge in [-0.3, -0.25) is 0 Å². The summed E-state index contributed by atoms with van der Waals surface area (Å²) >= 11 is 1.98. The Morgan fingerprint density at radius 2 is 2.24 bits per heavy atom. The monoisotopic (exact) mass is 309 g/mol. The van der Waals surface area contributed by atoms with Crippen LogP contribution < -0.4 is 10.1 Å². The molecule has 21 heavy (non-hydrogen) atoms. The van der Waals surface area contributed by atoms with Crippen molar-refractivity contribution in [2.24, 2.45) is 0 Å². The van der Waals surface area contributed by atoms with Gasteiger partial charge in [0, 0.05) is 35.8 Å². The Balaban J connectivity index is 1.99. The predicted octanol–water partition coefficient (Wildman–Crippen LogP) is 3.60. The summed E-state index contributed by atoms with van der Waals surface area (Å²) in [5.74, 6) is 1.97. The van der Waals surface area contributed by atoms with Gasteiger partial charge < -0.3 is 14.8 Å². The topological polar surface area (TPSA) is 30.5 Å². The third kappa shape index (κ3) is 4.90. The summed E-state index contributed by atoms with van der Waals surface area (Å²) in [5.41, 5.74) is 2.60. The Labute approximate surface area is 132 Å². The smallest absolute Gasteiger partial charge is 0.122 e. The predicted molar refractivity (Wildman–Crippen MR) is 90.1 cm³/mol. The van der Waals surface area contributed by atoms with Crippen molar-refractivity contribution < 1.29 is 9.47 Å². The number of ether oxygens (including phenoxy) is 2. The van der Waals surface area contributed by atoms with Crippen LogP contribution in [-0.4, -0.2) is 31.1 Å². The molecule has 1 aromatic rings. The molecule has 3 nitrogen and oxygen atoms in total.